The van der Waals surface area contributed by atoms with E-state index in [0.29, 0.717) is 25.1 Å². The van der Waals surface area contributed by atoms with E-state index < -0.39 is 4.92 Å². The molecular weight excluding hydrogens is 236 g/mol. The third kappa shape index (κ3) is 2.98. The van der Waals surface area contributed by atoms with Crippen molar-refractivity contribution >= 4 is 11.6 Å². The molecule has 0 atom stereocenters. The molecule has 0 aromatic carbocycles. The molecule has 1 N–H and O–H groups in total. The predicted octanol–water partition coefficient (Wildman–Crippen LogP) is 1.70. The van der Waals surface area contributed by atoms with Crippen LogP contribution in [0.1, 0.15) is 25.7 Å². The van der Waals surface area contributed by atoms with Crippen molar-refractivity contribution in [3.63, 3.8) is 0 Å². The Bertz CT molecular complexity index is 412. The van der Waals surface area contributed by atoms with E-state index in [1.807, 2.05) is 0 Å². The molecule has 2 rings (SSSR count). The Hall–Kier alpha value is -1.63. The van der Waals surface area contributed by atoms with Crippen molar-refractivity contribution in [1.82, 2.24) is 9.55 Å². The smallest absolute Gasteiger partial charge is 0.376 e. The van der Waals surface area contributed by atoms with E-state index in [4.69, 9.17) is 4.74 Å². The van der Waals surface area contributed by atoms with Crippen LogP contribution in [0.5, 0.6) is 0 Å². The molecular formula is C11H18N4O3. The van der Waals surface area contributed by atoms with Gasteiger partial charge in [0.15, 0.2) is 0 Å². The number of nitro groups is 1. The topological polar surface area (TPSA) is 82.2 Å². The molecule has 1 heterocycles. The highest BCUT2D eigenvalue weighted by Gasteiger charge is 2.20. The average molecular weight is 254 g/mol. The molecule has 7 heteroatoms. The molecule has 0 saturated heterocycles. The lowest BCUT2D eigenvalue weighted by Gasteiger charge is -2.11. The molecule has 0 aliphatic heterocycles. The van der Waals surface area contributed by atoms with Gasteiger partial charge < -0.3 is 20.2 Å². The maximum Gasteiger partial charge on any atom is 0.406 e. The summed E-state index contributed by atoms with van der Waals surface area (Å²) < 4.78 is 7.28. The number of rotatable bonds is 6. The van der Waals surface area contributed by atoms with Crippen molar-refractivity contribution in [2.45, 2.75) is 31.8 Å². The number of aromatic nitrogens is 2. The maximum atomic E-state index is 10.7. The first kappa shape index (κ1) is 12.8. The van der Waals surface area contributed by atoms with Crippen LogP contribution in [0.2, 0.25) is 0 Å². The zero-order valence-corrected chi connectivity index (χ0v) is 10.5. The second-order valence-corrected chi connectivity index (χ2v) is 4.49. The lowest BCUT2D eigenvalue weighted by Crippen LogP contribution is -2.16. The molecule has 7 nitrogen and oxygen atoms in total. The van der Waals surface area contributed by atoms with Crippen molar-refractivity contribution in [2.24, 2.45) is 7.05 Å². The van der Waals surface area contributed by atoms with Crippen molar-refractivity contribution in [3.05, 3.63) is 16.4 Å². The highest BCUT2D eigenvalue weighted by Crippen LogP contribution is 2.22. The predicted molar refractivity (Wildman–Crippen MR) is 66.6 cm³/mol. The molecule has 1 aliphatic rings. The Morgan fingerprint density at radius 3 is 3.00 bits per heavy atom. The van der Waals surface area contributed by atoms with Gasteiger partial charge in [0.05, 0.1) is 12.7 Å². The number of nitrogens with zero attached hydrogens (tertiary/aromatic N) is 3. The summed E-state index contributed by atoms with van der Waals surface area (Å²) in [7, 11) is 1.72. The molecule has 18 heavy (non-hydrogen) atoms. The number of ether oxygens (including phenoxy) is 1. The summed E-state index contributed by atoms with van der Waals surface area (Å²) in [5.41, 5.74) is 0. The molecule has 1 aliphatic carbocycles. The third-order valence-electron chi connectivity index (χ3n) is 3.14. The van der Waals surface area contributed by atoms with Gasteiger partial charge in [0.2, 0.25) is 12.1 Å². The Kier molecular flexibility index (Phi) is 4.14. The minimum Gasteiger partial charge on any atom is -0.376 e. The van der Waals surface area contributed by atoms with E-state index in [-0.39, 0.29) is 5.82 Å². The van der Waals surface area contributed by atoms with Gasteiger partial charge in [0.25, 0.3) is 0 Å². The van der Waals surface area contributed by atoms with Gasteiger partial charge in [0.1, 0.15) is 0 Å². The number of hydrogen-bond donors (Lipinski definition) is 1. The van der Waals surface area contributed by atoms with Crippen LogP contribution in [0.15, 0.2) is 6.33 Å². The Morgan fingerprint density at radius 1 is 1.61 bits per heavy atom. The van der Waals surface area contributed by atoms with E-state index >= 15 is 0 Å². The van der Waals surface area contributed by atoms with Gasteiger partial charge in [-0.1, -0.05) is 12.8 Å². The van der Waals surface area contributed by atoms with Crippen molar-refractivity contribution in [2.75, 3.05) is 18.5 Å². The molecule has 0 radical (unpaired) electrons. The van der Waals surface area contributed by atoms with E-state index in [0.717, 1.165) is 12.8 Å². The summed E-state index contributed by atoms with van der Waals surface area (Å²) in [4.78, 5) is 14.0. The highest BCUT2D eigenvalue weighted by atomic mass is 16.6. The molecule has 100 valence electrons. The summed E-state index contributed by atoms with van der Waals surface area (Å²) >= 11 is 0. The van der Waals surface area contributed by atoms with Gasteiger partial charge in [-0.05, 0) is 22.7 Å². The highest BCUT2D eigenvalue weighted by molar-refractivity contribution is 5.51. The van der Waals surface area contributed by atoms with Crippen LogP contribution in [-0.4, -0.2) is 33.7 Å². The van der Waals surface area contributed by atoms with E-state index in [1.54, 1.807) is 11.6 Å². The molecule has 1 aromatic heterocycles. The van der Waals surface area contributed by atoms with Gasteiger partial charge in [0, 0.05) is 13.6 Å². The Balaban J connectivity index is 1.78. The van der Waals surface area contributed by atoms with Crippen molar-refractivity contribution in [1.29, 1.82) is 0 Å². The largest absolute Gasteiger partial charge is 0.406 e. The minimum atomic E-state index is -0.486. The van der Waals surface area contributed by atoms with Crippen molar-refractivity contribution < 1.29 is 9.66 Å². The lowest BCUT2D eigenvalue weighted by molar-refractivity contribution is -0.388. The number of nitrogens with one attached hydrogen (secondary N) is 1. The van der Waals surface area contributed by atoms with Gasteiger partial charge in [-0.3, -0.25) is 4.57 Å². The summed E-state index contributed by atoms with van der Waals surface area (Å²) in [6.07, 6.45) is 6.54. The van der Waals surface area contributed by atoms with E-state index in [9.17, 15) is 10.1 Å². The quantitative estimate of drug-likeness (QED) is 0.474. The summed E-state index contributed by atoms with van der Waals surface area (Å²) in [6, 6.07) is 0. The van der Waals surface area contributed by atoms with Crippen LogP contribution in [0.25, 0.3) is 0 Å². The fourth-order valence-electron chi connectivity index (χ4n) is 2.21. The fourth-order valence-corrected chi connectivity index (χ4v) is 2.21. The van der Waals surface area contributed by atoms with Crippen LogP contribution in [0, 0.1) is 10.1 Å². The van der Waals surface area contributed by atoms with Crippen LogP contribution in [0.3, 0.4) is 0 Å². The monoisotopic (exact) mass is 254 g/mol. The van der Waals surface area contributed by atoms with Crippen LogP contribution in [-0.2, 0) is 11.8 Å². The number of imidazole rings is 1. The van der Waals surface area contributed by atoms with Gasteiger partial charge >= 0.3 is 5.82 Å². The number of hydrogen-bond acceptors (Lipinski definition) is 5. The first-order valence-electron chi connectivity index (χ1n) is 6.19. The van der Waals surface area contributed by atoms with E-state index in [2.05, 4.69) is 10.3 Å². The maximum absolute atomic E-state index is 10.7. The zero-order chi connectivity index (χ0) is 13.0. The average Bonchev–Trinajstić information content (AvgIpc) is 2.94. The SMILES string of the molecule is Cn1cnc([N+](=O)[O-])c1NCCOC1CCCC1. The molecule has 0 amide bonds. The molecule has 0 spiro atoms. The van der Waals surface area contributed by atoms with Gasteiger partial charge in [-0.15, -0.1) is 0 Å². The summed E-state index contributed by atoms with van der Waals surface area (Å²) in [5.74, 6) is 0.286. The standard InChI is InChI=1S/C11H18N4O3/c1-14-8-13-11(15(16)17)10(14)12-6-7-18-9-4-2-3-5-9/h8-9,12H,2-7H2,1H3. The van der Waals surface area contributed by atoms with Crippen molar-refractivity contribution in [3.8, 4) is 0 Å². The zero-order valence-electron chi connectivity index (χ0n) is 10.5. The Labute approximate surface area is 105 Å². The minimum absolute atomic E-state index is 0.140. The van der Waals surface area contributed by atoms with Crippen LogP contribution >= 0.6 is 0 Å². The normalized spacial score (nSPS) is 16.1. The third-order valence-corrected chi connectivity index (χ3v) is 3.14. The van der Waals surface area contributed by atoms with Crippen LogP contribution < -0.4 is 5.32 Å². The Morgan fingerprint density at radius 2 is 2.33 bits per heavy atom. The van der Waals surface area contributed by atoms with Gasteiger partial charge in [-0.25, -0.2) is 0 Å². The summed E-state index contributed by atoms with van der Waals surface area (Å²) in [5, 5.41) is 13.7. The summed E-state index contributed by atoms with van der Waals surface area (Å²) in [6.45, 7) is 1.11. The second-order valence-electron chi connectivity index (χ2n) is 4.49. The second kappa shape index (κ2) is 5.81. The molecule has 1 fully saturated rings. The van der Waals surface area contributed by atoms with Crippen LogP contribution in [0.4, 0.5) is 11.6 Å². The van der Waals surface area contributed by atoms with Gasteiger partial charge in [-0.2, -0.15) is 0 Å². The molecule has 0 unspecified atom stereocenters. The molecule has 1 saturated carbocycles. The lowest BCUT2D eigenvalue weighted by atomic mass is 10.3. The number of anilines is 1. The van der Waals surface area contributed by atoms with E-state index in [1.165, 1.54) is 19.2 Å². The fraction of sp³-hybridized carbons (Fsp3) is 0.727. The first-order valence-corrected chi connectivity index (χ1v) is 6.19. The number of aryl methyl sites for hydroxylation is 1. The molecule has 1 aromatic rings. The first-order chi connectivity index (χ1) is 8.68. The molecule has 0 bridgehead atoms.